The molecule has 0 bridgehead atoms. The lowest BCUT2D eigenvalue weighted by Gasteiger charge is -2.42. The number of carbonyl (C=O) groups is 2. The number of hydrogen-bond donors (Lipinski definition) is 2. The third-order valence-corrected chi connectivity index (χ3v) is 9.82. The van der Waals surface area contributed by atoms with Crippen LogP contribution < -0.4 is 15.4 Å². The Kier molecular flexibility index (Phi) is 10.2. The zero-order valence-electron chi connectivity index (χ0n) is 26.3. The maximum absolute atomic E-state index is 13.7. The molecule has 0 aromatic heterocycles. The molecule has 0 saturated carbocycles. The molecule has 0 radical (unpaired) electrons. The summed E-state index contributed by atoms with van der Waals surface area (Å²) in [6.07, 6.45) is 2.36. The number of esters is 2. The molecule has 9 heteroatoms. The smallest absolute Gasteiger partial charge is 0.342 e. The summed E-state index contributed by atoms with van der Waals surface area (Å²) < 4.78 is 18.3. The summed E-state index contributed by atoms with van der Waals surface area (Å²) in [5, 5.41) is 7.48. The van der Waals surface area contributed by atoms with Gasteiger partial charge in [-0.05, 0) is 72.2 Å². The average molecular weight is 674 g/mol. The second-order valence-corrected chi connectivity index (χ2v) is 12.8. The van der Waals surface area contributed by atoms with E-state index < -0.39 is 17.2 Å². The molecule has 244 valence electrons. The van der Waals surface area contributed by atoms with Gasteiger partial charge in [0, 0.05) is 42.6 Å². The molecular formula is C38H38Cl2N2O5. The number of carbonyl (C=O) groups excluding carboxylic acids is 2. The lowest BCUT2D eigenvalue weighted by Crippen LogP contribution is -2.45. The van der Waals surface area contributed by atoms with Crippen molar-refractivity contribution in [1.82, 2.24) is 10.6 Å². The van der Waals surface area contributed by atoms with Gasteiger partial charge in [0.15, 0.2) is 0 Å². The second-order valence-electron chi connectivity index (χ2n) is 12.1. The monoisotopic (exact) mass is 672 g/mol. The van der Waals surface area contributed by atoms with E-state index in [1.807, 2.05) is 54.6 Å². The summed E-state index contributed by atoms with van der Waals surface area (Å²) >= 11 is 12.2. The van der Waals surface area contributed by atoms with Crippen molar-refractivity contribution in [3.05, 3.63) is 135 Å². The van der Waals surface area contributed by atoms with Crippen molar-refractivity contribution in [2.75, 3.05) is 26.7 Å². The first-order chi connectivity index (χ1) is 22.8. The van der Waals surface area contributed by atoms with Crippen LogP contribution in [0.25, 0.3) is 0 Å². The van der Waals surface area contributed by atoms with E-state index in [0.717, 1.165) is 22.3 Å². The fourth-order valence-electron chi connectivity index (χ4n) is 6.70. The van der Waals surface area contributed by atoms with Crippen LogP contribution in [0.2, 0.25) is 5.02 Å². The number of benzene rings is 4. The van der Waals surface area contributed by atoms with Crippen molar-refractivity contribution in [2.24, 2.45) is 0 Å². The Morgan fingerprint density at radius 2 is 1.49 bits per heavy atom. The van der Waals surface area contributed by atoms with Crippen LogP contribution in [0.3, 0.4) is 0 Å². The van der Waals surface area contributed by atoms with E-state index in [1.54, 1.807) is 30.3 Å². The largest absolute Gasteiger partial charge is 0.496 e. The number of piperidine rings is 2. The molecule has 2 atom stereocenters. The highest BCUT2D eigenvalue weighted by Gasteiger charge is 2.43. The fraction of sp³-hybridized carbons (Fsp3) is 0.316. The van der Waals surface area contributed by atoms with E-state index in [0.29, 0.717) is 67.5 Å². The summed E-state index contributed by atoms with van der Waals surface area (Å²) in [6.45, 7) is 2.04. The lowest BCUT2D eigenvalue weighted by molar-refractivity contribution is -0.0465. The zero-order valence-corrected chi connectivity index (χ0v) is 27.8. The minimum atomic E-state index is -0.850. The SMILES string of the molecule is COc1ccc(Cl)cc1C(=O)OC1(c2cccc(C3CC(OC(=O)c4ccc(CCl)cc4)(c4ccccc4)CCN3)c2)CCNCC1. The van der Waals surface area contributed by atoms with Crippen LogP contribution in [0.15, 0.2) is 97.1 Å². The van der Waals surface area contributed by atoms with Gasteiger partial charge in [-0.1, -0.05) is 78.3 Å². The summed E-state index contributed by atoms with van der Waals surface area (Å²) in [5.74, 6) is -0.0741. The molecule has 2 saturated heterocycles. The van der Waals surface area contributed by atoms with Crippen LogP contribution in [0, 0.1) is 0 Å². The predicted octanol–water partition coefficient (Wildman–Crippen LogP) is 7.70. The molecule has 2 heterocycles. The highest BCUT2D eigenvalue weighted by atomic mass is 35.5. The Morgan fingerprint density at radius 1 is 0.787 bits per heavy atom. The minimum absolute atomic E-state index is 0.127. The summed E-state index contributed by atoms with van der Waals surface area (Å²) in [7, 11) is 1.52. The Labute approximate surface area is 285 Å². The number of ether oxygens (including phenoxy) is 3. The van der Waals surface area contributed by atoms with Gasteiger partial charge in [0.2, 0.25) is 0 Å². The summed E-state index contributed by atoms with van der Waals surface area (Å²) in [6, 6.07) is 30.2. The van der Waals surface area contributed by atoms with Gasteiger partial charge in [-0.3, -0.25) is 0 Å². The first-order valence-corrected chi connectivity index (χ1v) is 16.8. The number of alkyl halides is 1. The van der Waals surface area contributed by atoms with Crippen LogP contribution in [0.5, 0.6) is 5.75 Å². The molecule has 0 spiro atoms. The molecule has 7 nitrogen and oxygen atoms in total. The van der Waals surface area contributed by atoms with Crippen molar-refractivity contribution in [3.63, 3.8) is 0 Å². The Hall–Kier alpha value is -3.88. The topological polar surface area (TPSA) is 85.9 Å². The maximum Gasteiger partial charge on any atom is 0.342 e. The average Bonchev–Trinajstić information content (AvgIpc) is 3.12. The van der Waals surface area contributed by atoms with Crippen LogP contribution in [-0.4, -0.2) is 38.7 Å². The molecule has 2 aliphatic rings. The van der Waals surface area contributed by atoms with Gasteiger partial charge in [0.25, 0.3) is 0 Å². The molecule has 2 unspecified atom stereocenters. The Balaban J connectivity index is 1.31. The molecule has 2 fully saturated rings. The number of rotatable bonds is 9. The number of methoxy groups -OCH3 is 1. The Bertz CT molecular complexity index is 1710. The van der Waals surface area contributed by atoms with E-state index in [4.69, 9.17) is 37.4 Å². The van der Waals surface area contributed by atoms with Crippen LogP contribution >= 0.6 is 23.2 Å². The first-order valence-electron chi connectivity index (χ1n) is 15.9. The van der Waals surface area contributed by atoms with Crippen molar-refractivity contribution in [2.45, 2.75) is 48.8 Å². The molecule has 47 heavy (non-hydrogen) atoms. The zero-order chi connectivity index (χ0) is 32.9. The highest BCUT2D eigenvalue weighted by Crippen LogP contribution is 2.44. The summed E-state index contributed by atoms with van der Waals surface area (Å²) in [5.41, 5.74) is 2.90. The minimum Gasteiger partial charge on any atom is -0.496 e. The van der Waals surface area contributed by atoms with E-state index in [2.05, 4.69) is 22.8 Å². The normalized spacial score (nSPS) is 20.6. The third kappa shape index (κ3) is 7.19. The molecular weight excluding hydrogens is 635 g/mol. The fourth-order valence-corrected chi connectivity index (χ4v) is 7.05. The second kappa shape index (κ2) is 14.5. The van der Waals surface area contributed by atoms with Gasteiger partial charge in [-0.15, -0.1) is 11.6 Å². The van der Waals surface area contributed by atoms with Crippen LogP contribution in [0.1, 0.15) is 74.7 Å². The van der Waals surface area contributed by atoms with Crippen molar-refractivity contribution in [1.29, 1.82) is 0 Å². The van der Waals surface area contributed by atoms with Crippen molar-refractivity contribution in [3.8, 4) is 5.75 Å². The predicted molar refractivity (Wildman–Crippen MR) is 183 cm³/mol. The molecule has 2 N–H and O–H groups in total. The third-order valence-electron chi connectivity index (χ3n) is 9.28. The van der Waals surface area contributed by atoms with Gasteiger partial charge in [-0.25, -0.2) is 9.59 Å². The van der Waals surface area contributed by atoms with E-state index in [9.17, 15) is 9.59 Å². The Morgan fingerprint density at radius 3 is 2.21 bits per heavy atom. The van der Waals surface area contributed by atoms with E-state index in [1.165, 1.54) is 7.11 Å². The number of nitrogens with one attached hydrogen (secondary N) is 2. The van der Waals surface area contributed by atoms with Gasteiger partial charge in [-0.2, -0.15) is 0 Å². The molecule has 0 aliphatic carbocycles. The number of hydrogen-bond acceptors (Lipinski definition) is 7. The maximum atomic E-state index is 13.7. The van der Waals surface area contributed by atoms with E-state index >= 15 is 0 Å². The van der Waals surface area contributed by atoms with Gasteiger partial charge >= 0.3 is 11.9 Å². The van der Waals surface area contributed by atoms with Crippen molar-refractivity contribution >= 4 is 35.1 Å². The van der Waals surface area contributed by atoms with Crippen molar-refractivity contribution < 1.29 is 23.8 Å². The van der Waals surface area contributed by atoms with Gasteiger partial charge in [0.05, 0.1) is 12.7 Å². The number of halogens is 2. The molecule has 4 aromatic rings. The standard InChI is InChI=1S/C38H38Cl2N2O5/c1-45-34-15-14-31(40)23-32(34)36(44)47-37(16-19-41-20-17-37)30-9-5-6-28(22-30)33-24-38(18-21-42-33,29-7-3-2-4-8-29)46-35(43)27-12-10-26(25-39)11-13-27/h2-15,22-23,33,41-42H,16-21,24-25H2,1H3. The van der Waals surface area contributed by atoms with Gasteiger partial charge < -0.3 is 24.8 Å². The molecule has 6 rings (SSSR count). The van der Waals surface area contributed by atoms with Gasteiger partial charge in [0.1, 0.15) is 22.5 Å². The lowest BCUT2D eigenvalue weighted by atomic mass is 9.78. The summed E-state index contributed by atoms with van der Waals surface area (Å²) in [4.78, 5) is 27.2. The molecule has 4 aromatic carbocycles. The highest BCUT2D eigenvalue weighted by molar-refractivity contribution is 6.31. The quantitative estimate of drug-likeness (QED) is 0.139. The molecule has 0 amide bonds. The molecule has 2 aliphatic heterocycles. The van der Waals surface area contributed by atoms with E-state index in [-0.39, 0.29) is 17.6 Å². The first kappa shape index (κ1) is 33.0. The van der Waals surface area contributed by atoms with Crippen LogP contribution in [0.4, 0.5) is 0 Å². The van der Waals surface area contributed by atoms with Crippen LogP contribution in [-0.2, 0) is 26.6 Å².